The second kappa shape index (κ2) is 5.12. The standard InChI is InChI=1S/C9H17N5O6/c1-9(19)3-13(8(18)11-7(9)12-10)14-6(17)5(16)4(2-15)20-14/h4-6,15-17,19H,2-3,10H2,1H3,(H,11,12,18)/t4-,5-,6-,9?/m1/s1. The number of hydrazine groups is 1. The molecule has 0 bridgehead atoms. The number of nitrogens with zero attached hydrogens (tertiary/aromatic N) is 3. The molecule has 1 unspecified atom stereocenters. The molecule has 0 aromatic carbocycles. The number of hydrogen-bond donors (Lipinski definition) is 6. The number of urea groups is 1. The van der Waals surface area contributed by atoms with Crippen LogP contribution in [0, 0.1) is 0 Å². The summed E-state index contributed by atoms with van der Waals surface area (Å²) >= 11 is 0. The normalized spacial score (nSPS) is 41.2. The predicted molar refractivity (Wildman–Crippen MR) is 63.3 cm³/mol. The summed E-state index contributed by atoms with van der Waals surface area (Å²) in [6.45, 7) is 0.500. The first-order chi connectivity index (χ1) is 9.31. The van der Waals surface area contributed by atoms with Gasteiger partial charge in [-0.1, -0.05) is 5.17 Å². The molecule has 2 amide bonds. The molecule has 0 aromatic rings. The van der Waals surface area contributed by atoms with Crippen LogP contribution in [0.3, 0.4) is 0 Å². The lowest BCUT2D eigenvalue weighted by Crippen LogP contribution is -2.67. The number of rotatable bonds is 2. The highest BCUT2D eigenvalue weighted by Crippen LogP contribution is 2.25. The quantitative estimate of drug-likeness (QED) is 0.223. The Morgan fingerprint density at radius 1 is 1.60 bits per heavy atom. The fourth-order valence-electron chi connectivity index (χ4n) is 2.00. The molecule has 0 aliphatic carbocycles. The Morgan fingerprint density at radius 2 is 2.25 bits per heavy atom. The van der Waals surface area contributed by atoms with Crippen LogP contribution in [0.1, 0.15) is 6.92 Å². The molecular formula is C9H17N5O6. The Morgan fingerprint density at radius 3 is 2.75 bits per heavy atom. The lowest BCUT2D eigenvalue weighted by atomic mass is 10.0. The topological polar surface area (TPSA) is 164 Å². The molecule has 7 N–H and O–H groups in total. The van der Waals surface area contributed by atoms with Gasteiger partial charge in [0.15, 0.2) is 12.1 Å². The monoisotopic (exact) mass is 291 g/mol. The zero-order valence-electron chi connectivity index (χ0n) is 10.7. The highest BCUT2D eigenvalue weighted by molar-refractivity contribution is 6.04. The van der Waals surface area contributed by atoms with E-state index >= 15 is 0 Å². The largest absolute Gasteiger partial charge is 0.393 e. The molecule has 2 aliphatic heterocycles. The summed E-state index contributed by atoms with van der Waals surface area (Å²) in [4.78, 5) is 16.9. The van der Waals surface area contributed by atoms with Gasteiger partial charge in [-0.05, 0) is 6.92 Å². The second-order valence-corrected chi connectivity index (χ2v) is 4.77. The lowest BCUT2D eigenvalue weighted by Gasteiger charge is -2.41. The van der Waals surface area contributed by atoms with E-state index in [0.717, 1.165) is 5.01 Å². The Labute approximate surface area is 113 Å². The van der Waals surface area contributed by atoms with Crippen molar-refractivity contribution in [1.29, 1.82) is 0 Å². The van der Waals surface area contributed by atoms with Crippen LogP contribution in [0.4, 0.5) is 4.79 Å². The third kappa shape index (κ3) is 2.30. The van der Waals surface area contributed by atoms with E-state index in [2.05, 4.69) is 10.4 Å². The number of nitrogens with one attached hydrogen (secondary N) is 1. The number of aliphatic hydroxyl groups is 4. The molecule has 2 aliphatic rings. The fraction of sp³-hybridized carbons (Fsp3) is 0.778. The smallest absolute Gasteiger partial charge is 0.339 e. The molecule has 11 nitrogen and oxygen atoms in total. The van der Waals surface area contributed by atoms with Gasteiger partial charge in [0.25, 0.3) is 0 Å². The number of amides is 2. The zero-order valence-corrected chi connectivity index (χ0v) is 10.7. The molecule has 114 valence electrons. The van der Waals surface area contributed by atoms with Crippen molar-refractivity contribution < 1.29 is 30.1 Å². The van der Waals surface area contributed by atoms with E-state index in [9.17, 15) is 20.1 Å². The summed E-state index contributed by atoms with van der Waals surface area (Å²) in [5.41, 5.74) is -1.59. The third-order valence-corrected chi connectivity index (χ3v) is 3.13. The highest BCUT2D eigenvalue weighted by atomic mass is 16.8. The van der Waals surface area contributed by atoms with E-state index < -0.39 is 36.7 Å². The molecule has 11 heteroatoms. The molecule has 2 saturated heterocycles. The van der Waals surface area contributed by atoms with Crippen molar-refractivity contribution in [1.82, 2.24) is 15.5 Å². The minimum atomic E-state index is -1.59. The van der Waals surface area contributed by atoms with Crippen molar-refractivity contribution in [2.75, 3.05) is 13.2 Å². The van der Waals surface area contributed by atoms with Gasteiger partial charge in [-0.2, -0.15) is 5.10 Å². The molecule has 0 aromatic heterocycles. The van der Waals surface area contributed by atoms with Crippen LogP contribution in [-0.4, -0.2) is 79.7 Å². The molecular weight excluding hydrogens is 274 g/mol. The summed E-state index contributed by atoms with van der Waals surface area (Å²) in [5, 5.41) is 45.6. The van der Waals surface area contributed by atoms with Crippen LogP contribution >= 0.6 is 0 Å². The maximum atomic E-state index is 11.9. The molecule has 0 saturated carbocycles. The Balaban J connectivity index is 2.19. The van der Waals surface area contributed by atoms with E-state index in [1.165, 1.54) is 6.92 Å². The first-order valence-corrected chi connectivity index (χ1v) is 5.84. The van der Waals surface area contributed by atoms with Gasteiger partial charge in [-0.25, -0.2) is 9.80 Å². The molecule has 20 heavy (non-hydrogen) atoms. The molecule has 2 rings (SSSR count). The van der Waals surface area contributed by atoms with Crippen molar-refractivity contribution >= 4 is 11.9 Å². The van der Waals surface area contributed by atoms with Crippen molar-refractivity contribution in [3.63, 3.8) is 0 Å². The van der Waals surface area contributed by atoms with Crippen molar-refractivity contribution in [3.8, 4) is 0 Å². The Kier molecular flexibility index (Phi) is 3.82. The minimum Gasteiger partial charge on any atom is -0.393 e. The van der Waals surface area contributed by atoms with Crippen molar-refractivity contribution in [3.05, 3.63) is 0 Å². The number of amidine groups is 1. The van der Waals surface area contributed by atoms with Gasteiger partial charge in [0.05, 0.1) is 13.2 Å². The van der Waals surface area contributed by atoms with E-state index in [-0.39, 0.29) is 12.4 Å². The number of β-amino-alcohol motifs (C(OH)–C–C–N with tert-alkyl or cyclic N) is 1. The molecule has 0 spiro atoms. The average molecular weight is 291 g/mol. The number of hydrazone groups is 1. The van der Waals surface area contributed by atoms with Gasteiger partial charge in [0.2, 0.25) is 0 Å². The third-order valence-electron chi connectivity index (χ3n) is 3.13. The Bertz CT molecular complexity index is 429. The number of carbonyl (C=O) groups excluding carboxylic acids is 1. The van der Waals surface area contributed by atoms with E-state index in [4.69, 9.17) is 15.8 Å². The summed E-state index contributed by atoms with van der Waals surface area (Å²) in [6.07, 6.45) is -4.04. The number of aliphatic hydroxyl groups excluding tert-OH is 3. The number of carbonyl (C=O) groups is 1. The van der Waals surface area contributed by atoms with Crippen molar-refractivity contribution in [2.24, 2.45) is 10.9 Å². The van der Waals surface area contributed by atoms with Crippen molar-refractivity contribution in [2.45, 2.75) is 31.0 Å². The first-order valence-electron chi connectivity index (χ1n) is 5.84. The van der Waals surface area contributed by atoms with Crippen LogP contribution in [-0.2, 0) is 4.84 Å². The van der Waals surface area contributed by atoms with Crippen LogP contribution in [0.2, 0.25) is 0 Å². The molecule has 0 radical (unpaired) electrons. The van der Waals surface area contributed by atoms with Gasteiger partial charge in [0, 0.05) is 0 Å². The maximum Gasteiger partial charge on any atom is 0.339 e. The van der Waals surface area contributed by atoms with E-state index in [1.54, 1.807) is 0 Å². The van der Waals surface area contributed by atoms with E-state index in [0.29, 0.717) is 5.17 Å². The number of hydroxylamine groups is 1. The zero-order chi connectivity index (χ0) is 15.1. The molecule has 2 heterocycles. The Hall–Kier alpha value is -1.50. The highest BCUT2D eigenvalue weighted by Gasteiger charge is 2.50. The SMILES string of the molecule is CC1(O)CN(N2O[C@H](CO)[C@@H](O)[C@H]2O)C(=O)NC1=NN. The van der Waals surface area contributed by atoms with Crippen LogP contribution < -0.4 is 11.2 Å². The number of hydrogen-bond acceptors (Lipinski definition) is 9. The van der Waals surface area contributed by atoms with Crippen LogP contribution in [0.25, 0.3) is 0 Å². The first kappa shape index (κ1) is 14.9. The van der Waals surface area contributed by atoms with Gasteiger partial charge in [-0.15, -0.1) is 0 Å². The maximum absolute atomic E-state index is 11.9. The van der Waals surface area contributed by atoms with Gasteiger partial charge in [0.1, 0.15) is 17.8 Å². The predicted octanol–water partition coefficient (Wildman–Crippen LogP) is -3.76. The summed E-state index contributed by atoms with van der Waals surface area (Å²) in [5.74, 6) is 4.93. The summed E-state index contributed by atoms with van der Waals surface area (Å²) in [6, 6.07) is -0.759. The summed E-state index contributed by atoms with van der Waals surface area (Å²) in [7, 11) is 0. The fourth-order valence-corrected chi connectivity index (χ4v) is 2.00. The lowest BCUT2D eigenvalue weighted by molar-refractivity contribution is -0.304. The van der Waals surface area contributed by atoms with Gasteiger partial charge in [-0.3, -0.25) is 10.2 Å². The molecule has 4 atom stereocenters. The van der Waals surface area contributed by atoms with Gasteiger partial charge < -0.3 is 26.3 Å². The number of nitrogens with two attached hydrogens (primary N) is 1. The summed E-state index contributed by atoms with van der Waals surface area (Å²) < 4.78 is 0. The van der Waals surface area contributed by atoms with Gasteiger partial charge >= 0.3 is 6.03 Å². The minimum absolute atomic E-state index is 0.133. The average Bonchev–Trinajstić information content (AvgIpc) is 2.68. The van der Waals surface area contributed by atoms with E-state index in [1.807, 2.05) is 0 Å². The molecule has 2 fully saturated rings. The second-order valence-electron chi connectivity index (χ2n) is 4.77. The van der Waals surface area contributed by atoms with Crippen LogP contribution in [0.15, 0.2) is 5.10 Å². The van der Waals surface area contributed by atoms with Crippen LogP contribution in [0.5, 0.6) is 0 Å².